The second kappa shape index (κ2) is 7.83. The Morgan fingerprint density at radius 2 is 1.34 bits per heavy atom. The Kier molecular flexibility index (Phi) is 5.24. The molecule has 1 aromatic heterocycles. The van der Waals surface area contributed by atoms with E-state index in [0.29, 0.717) is 9.26 Å². The zero-order valence-corrected chi connectivity index (χ0v) is 18.3. The fraction of sp³-hybridized carbons (Fsp3) is 0.0833. The molecule has 4 aromatic rings. The second-order valence-corrected chi connectivity index (χ2v) is 8.11. The van der Waals surface area contributed by atoms with Gasteiger partial charge in [-0.2, -0.15) is 0 Å². The Labute approximate surface area is 183 Å². The van der Waals surface area contributed by atoms with E-state index in [1.165, 1.54) is 0 Å². The third-order valence-electron chi connectivity index (χ3n) is 4.83. The molecule has 4 rings (SSSR count). The molecule has 5 heteroatoms. The van der Waals surface area contributed by atoms with Crippen LogP contribution in [0.3, 0.4) is 0 Å². The van der Waals surface area contributed by atoms with Gasteiger partial charge in [0.2, 0.25) is 0 Å². The SMILES string of the molecule is Cc1cc(C)cc(-c2c(I)c([N+](=O)[O-])c(-c3ccccc3)n2-c2ccccc2)c1. The molecule has 0 fully saturated rings. The first kappa shape index (κ1) is 19.4. The van der Waals surface area contributed by atoms with E-state index in [0.717, 1.165) is 33.6 Å². The first-order chi connectivity index (χ1) is 14.0. The smallest absolute Gasteiger partial charge is 0.302 e. The van der Waals surface area contributed by atoms with Gasteiger partial charge in [-0.1, -0.05) is 65.7 Å². The van der Waals surface area contributed by atoms with Crippen LogP contribution in [0.2, 0.25) is 0 Å². The molecule has 0 aliphatic heterocycles. The number of nitro groups is 1. The topological polar surface area (TPSA) is 48.1 Å². The van der Waals surface area contributed by atoms with E-state index in [1.807, 2.05) is 79.1 Å². The molecule has 0 atom stereocenters. The Morgan fingerprint density at radius 3 is 1.90 bits per heavy atom. The lowest BCUT2D eigenvalue weighted by atomic mass is 10.0. The van der Waals surface area contributed by atoms with E-state index in [9.17, 15) is 10.1 Å². The summed E-state index contributed by atoms with van der Waals surface area (Å²) >= 11 is 2.12. The summed E-state index contributed by atoms with van der Waals surface area (Å²) in [4.78, 5) is 11.9. The maximum Gasteiger partial charge on any atom is 0.309 e. The molecule has 0 aliphatic rings. The second-order valence-electron chi connectivity index (χ2n) is 7.03. The molecule has 0 radical (unpaired) electrons. The van der Waals surface area contributed by atoms with Crippen LogP contribution in [0.4, 0.5) is 5.69 Å². The van der Waals surface area contributed by atoms with E-state index in [1.54, 1.807) is 0 Å². The molecule has 29 heavy (non-hydrogen) atoms. The van der Waals surface area contributed by atoms with Crippen LogP contribution in [-0.4, -0.2) is 9.49 Å². The summed E-state index contributed by atoms with van der Waals surface area (Å²) in [6.45, 7) is 4.09. The van der Waals surface area contributed by atoms with Gasteiger partial charge in [0, 0.05) is 16.8 Å². The Morgan fingerprint density at radius 1 is 0.793 bits per heavy atom. The van der Waals surface area contributed by atoms with Gasteiger partial charge in [0.25, 0.3) is 0 Å². The largest absolute Gasteiger partial charge is 0.309 e. The first-order valence-corrected chi connectivity index (χ1v) is 10.3. The van der Waals surface area contributed by atoms with Crippen molar-refractivity contribution in [3.63, 3.8) is 0 Å². The third-order valence-corrected chi connectivity index (χ3v) is 5.85. The van der Waals surface area contributed by atoms with Crippen LogP contribution in [0.25, 0.3) is 28.2 Å². The van der Waals surface area contributed by atoms with Crippen LogP contribution in [-0.2, 0) is 0 Å². The molecular formula is C24H19IN2O2. The van der Waals surface area contributed by atoms with E-state index >= 15 is 0 Å². The van der Waals surface area contributed by atoms with Gasteiger partial charge in [0.15, 0.2) is 0 Å². The van der Waals surface area contributed by atoms with Crippen molar-refractivity contribution in [1.82, 2.24) is 4.57 Å². The molecule has 0 N–H and O–H groups in total. The van der Waals surface area contributed by atoms with Crippen LogP contribution < -0.4 is 0 Å². The number of aromatic nitrogens is 1. The molecule has 0 saturated carbocycles. The lowest BCUT2D eigenvalue weighted by molar-refractivity contribution is -0.384. The fourth-order valence-electron chi connectivity index (χ4n) is 3.76. The summed E-state index contributed by atoms with van der Waals surface area (Å²) in [7, 11) is 0. The van der Waals surface area contributed by atoms with Gasteiger partial charge in [-0.15, -0.1) is 0 Å². The van der Waals surface area contributed by atoms with E-state index in [4.69, 9.17) is 0 Å². The summed E-state index contributed by atoms with van der Waals surface area (Å²) in [5.74, 6) is 0. The van der Waals surface area contributed by atoms with Crippen LogP contribution in [0, 0.1) is 27.5 Å². The van der Waals surface area contributed by atoms with Gasteiger partial charge < -0.3 is 4.57 Å². The standard InChI is InChI=1S/C24H19IN2O2/c1-16-13-17(2)15-19(14-16)22-21(25)24(27(28)29)23(18-9-5-3-6-10-18)26(22)20-11-7-4-8-12-20/h3-15H,1-2H3. The third kappa shape index (κ3) is 3.58. The van der Waals surface area contributed by atoms with Crippen LogP contribution in [0.15, 0.2) is 78.9 Å². The number of hydrogen-bond donors (Lipinski definition) is 0. The van der Waals surface area contributed by atoms with E-state index in [-0.39, 0.29) is 10.6 Å². The summed E-state index contributed by atoms with van der Waals surface area (Å²) < 4.78 is 2.66. The minimum atomic E-state index is -0.268. The number of para-hydroxylation sites is 1. The lowest BCUT2D eigenvalue weighted by Crippen LogP contribution is -2.01. The van der Waals surface area contributed by atoms with Crippen molar-refractivity contribution in [3.8, 4) is 28.2 Å². The number of nitrogens with zero attached hydrogens (tertiary/aromatic N) is 2. The molecular weight excluding hydrogens is 475 g/mol. The first-order valence-electron chi connectivity index (χ1n) is 9.25. The highest BCUT2D eigenvalue weighted by molar-refractivity contribution is 14.1. The molecule has 0 spiro atoms. The van der Waals surface area contributed by atoms with Crippen LogP contribution in [0.1, 0.15) is 11.1 Å². The predicted molar refractivity (Wildman–Crippen MR) is 125 cm³/mol. The highest BCUT2D eigenvalue weighted by Crippen LogP contribution is 2.45. The minimum Gasteiger partial charge on any atom is -0.302 e. The number of rotatable bonds is 4. The summed E-state index contributed by atoms with van der Waals surface area (Å²) in [6.07, 6.45) is 0. The highest BCUT2D eigenvalue weighted by Gasteiger charge is 2.32. The van der Waals surface area contributed by atoms with E-state index < -0.39 is 0 Å². The van der Waals surface area contributed by atoms with Gasteiger partial charge in [-0.05, 0) is 60.7 Å². The van der Waals surface area contributed by atoms with Gasteiger partial charge in [0.05, 0.1) is 10.6 Å². The van der Waals surface area contributed by atoms with Crippen molar-refractivity contribution in [2.24, 2.45) is 0 Å². The molecule has 1 heterocycles. The molecule has 0 saturated heterocycles. The maximum atomic E-state index is 12.2. The Bertz CT molecular complexity index is 1180. The predicted octanol–water partition coefficient (Wildman–Crippen LogP) is 6.94. The van der Waals surface area contributed by atoms with Crippen molar-refractivity contribution in [3.05, 3.63) is 104 Å². The van der Waals surface area contributed by atoms with Gasteiger partial charge in [-0.25, -0.2) is 0 Å². The Balaban J connectivity index is 2.17. The normalized spacial score (nSPS) is 10.9. The molecule has 0 aliphatic carbocycles. The summed E-state index contributed by atoms with van der Waals surface area (Å²) in [5, 5.41) is 12.2. The average molecular weight is 494 g/mol. The monoisotopic (exact) mass is 494 g/mol. The van der Waals surface area contributed by atoms with Crippen molar-refractivity contribution in [2.45, 2.75) is 13.8 Å². The number of aryl methyl sites for hydroxylation is 2. The number of halogens is 1. The zero-order valence-electron chi connectivity index (χ0n) is 16.1. The fourth-order valence-corrected chi connectivity index (χ4v) is 4.77. The summed E-state index contributed by atoms with van der Waals surface area (Å²) in [6, 6.07) is 25.7. The van der Waals surface area contributed by atoms with Crippen LogP contribution in [0.5, 0.6) is 0 Å². The molecule has 0 amide bonds. The lowest BCUT2D eigenvalue weighted by Gasteiger charge is -2.14. The van der Waals surface area contributed by atoms with Crippen LogP contribution >= 0.6 is 22.6 Å². The average Bonchev–Trinajstić information content (AvgIpc) is 3.02. The van der Waals surface area contributed by atoms with Gasteiger partial charge in [0.1, 0.15) is 9.26 Å². The minimum absolute atomic E-state index is 0.134. The molecule has 0 bridgehead atoms. The quantitative estimate of drug-likeness (QED) is 0.175. The zero-order chi connectivity index (χ0) is 20.5. The molecule has 3 aromatic carbocycles. The number of hydrogen-bond acceptors (Lipinski definition) is 2. The number of benzene rings is 3. The Hall–Kier alpha value is -2.93. The van der Waals surface area contributed by atoms with Crippen molar-refractivity contribution in [2.75, 3.05) is 0 Å². The van der Waals surface area contributed by atoms with Gasteiger partial charge in [-0.3, -0.25) is 10.1 Å². The molecule has 144 valence electrons. The van der Waals surface area contributed by atoms with Crippen molar-refractivity contribution >= 4 is 28.3 Å². The molecule has 4 nitrogen and oxygen atoms in total. The van der Waals surface area contributed by atoms with Gasteiger partial charge >= 0.3 is 5.69 Å². The highest BCUT2D eigenvalue weighted by atomic mass is 127. The molecule has 0 unspecified atom stereocenters. The maximum absolute atomic E-state index is 12.2. The van der Waals surface area contributed by atoms with Crippen molar-refractivity contribution < 1.29 is 4.92 Å². The van der Waals surface area contributed by atoms with E-state index in [2.05, 4.69) is 40.8 Å². The van der Waals surface area contributed by atoms with Crippen molar-refractivity contribution in [1.29, 1.82) is 0 Å². The summed E-state index contributed by atoms with van der Waals surface area (Å²) in [5.41, 5.74) is 6.51.